The van der Waals surface area contributed by atoms with Gasteiger partial charge < -0.3 is 10.4 Å². The van der Waals surface area contributed by atoms with Crippen molar-refractivity contribution < 1.29 is 14.7 Å². The number of aryl methyl sites for hydroxylation is 1. The minimum atomic E-state index is -0.895. The highest BCUT2D eigenvalue weighted by molar-refractivity contribution is 7.18. The lowest BCUT2D eigenvalue weighted by Gasteiger charge is -2.14. The molecule has 1 aromatic carbocycles. The number of aliphatic carboxylic acids is 1. The lowest BCUT2D eigenvalue weighted by Crippen LogP contribution is -2.36. The molecule has 0 bridgehead atoms. The molecule has 0 aliphatic heterocycles. The number of nitrogens with one attached hydrogen (secondary N) is 1. The van der Waals surface area contributed by atoms with Crippen molar-refractivity contribution in [2.75, 3.05) is 0 Å². The van der Waals surface area contributed by atoms with E-state index in [-0.39, 0.29) is 18.4 Å². The van der Waals surface area contributed by atoms with Crippen LogP contribution in [0.4, 0.5) is 0 Å². The number of para-hydroxylation sites is 1. The molecule has 0 aliphatic carbocycles. The third-order valence-corrected chi connectivity index (χ3v) is 4.28. The third-order valence-electron chi connectivity index (χ3n) is 3.18. The number of fused-ring (bicyclic) bond motifs is 1. The zero-order valence-electron chi connectivity index (χ0n) is 11.8. The van der Waals surface area contributed by atoms with Crippen LogP contribution in [0.5, 0.6) is 0 Å². The van der Waals surface area contributed by atoms with Crippen LogP contribution in [0, 0.1) is 0 Å². The zero-order chi connectivity index (χ0) is 15.2. The Bertz CT molecular complexity index is 606. The molecule has 0 spiro atoms. The van der Waals surface area contributed by atoms with Gasteiger partial charge in [0.25, 0.3) is 0 Å². The van der Waals surface area contributed by atoms with Gasteiger partial charge in [0.2, 0.25) is 5.91 Å². The first kappa shape index (κ1) is 15.4. The van der Waals surface area contributed by atoms with Crippen LogP contribution >= 0.6 is 11.3 Å². The predicted octanol–water partition coefficient (Wildman–Crippen LogP) is 2.60. The van der Waals surface area contributed by atoms with Crippen molar-refractivity contribution in [3.8, 4) is 0 Å². The average molecular weight is 306 g/mol. The Kier molecular flexibility index (Phi) is 5.27. The maximum Gasteiger partial charge on any atom is 0.305 e. The van der Waals surface area contributed by atoms with Gasteiger partial charge in [-0.25, -0.2) is 4.98 Å². The summed E-state index contributed by atoms with van der Waals surface area (Å²) in [6, 6.07) is 7.57. The number of aromatic nitrogens is 1. The Labute approximate surface area is 127 Å². The molecule has 0 fully saturated rings. The Hall–Kier alpha value is -1.95. The SMILES string of the molecule is CCC(CC(=O)O)NC(=O)CCc1nc2ccccc2s1. The maximum atomic E-state index is 11.9. The van der Waals surface area contributed by atoms with Gasteiger partial charge in [0.15, 0.2) is 0 Å². The number of benzene rings is 1. The lowest BCUT2D eigenvalue weighted by atomic mass is 10.1. The van der Waals surface area contributed by atoms with E-state index in [1.54, 1.807) is 11.3 Å². The second-order valence-electron chi connectivity index (χ2n) is 4.85. The molecule has 6 heteroatoms. The molecule has 1 aromatic heterocycles. The molecule has 2 aromatic rings. The monoisotopic (exact) mass is 306 g/mol. The van der Waals surface area contributed by atoms with Crippen molar-refractivity contribution in [3.05, 3.63) is 29.3 Å². The number of carbonyl (C=O) groups is 2. The smallest absolute Gasteiger partial charge is 0.305 e. The van der Waals surface area contributed by atoms with E-state index in [4.69, 9.17) is 5.11 Å². The fourth-order valence-corrected chi connectivity index (χ4v) is 3.02. The van der Waals surface area contributed by atoms with Crippen LogP contribution in [0.2, 0.25) is 0 Å². The Morgan fingerprint density at radius 1 is 1.38 bits per heavy atom. The molecule has 0 aliphatic rings. The summed E-state index contributed by atoms with van der Waals surface area (Å²) in [5.41, 5.74) is 0.954. The fraction of sp³-hybridized carbons (Fsp3) is 0.400. The summed E-state index contributed by atoms with van der Waals surface area (Å²) in [7, 11) is 0. The van der Waals surface area contributed by atoms with Gasteiger partial charge in [0, 0.05) is 18.9 Å². The van der Waals surface area contributed by atoms with E-state index in [2.05, 4.69) is 10.3 Å². The van der Waals surface area contributed by atoms with Crippen LogP contribution in [0.1, 0.15) is 31.2 Å². The Morgan fingerprint density at radius 2 is 2.14 bits per heavy atom. The van der Waals surface area contributed by atoms with Gasteiger partial charge in [-0.15, -0.1) is 11.3 Å². The van der Waals surface area contributed by atoms with E-state index < -0.39 is 5.97 Å². The second-order valence-corrected chi connectivity index (χ2v) is 5.96. The summed E-state index contributed by atoms with van der Waals surface area (Å²) in [4.78, 5) is 27.0. The molecule has 0 radical (unpaired) electrons. The highest BCUT2D eigenvalue weighted by Crippen LogP contribution is 2.22. The number of carboxylic acid groups (broad SMARTS) is 1. The van der Waals surface area contributed by atoms with E-state index in [0.717, 1.165) is 15.2 Å². The number of rotatable bonds is 7. The normalized spacial score (nSPS) is 12.2. The summed E-state index contributed by atoms with van der Waals surface area (Å²) in [5, 5.41) is 12.4. The number of nitrogens with zero attached hydrogens (tertiary/aromatic N) is 1. The quantitative estimate of drug-likeness (QED) is 0.824. The highest BCUT2D eigenvalue weighted by atomic mass is 32.1. The molecular weight excluding hydrogens is 288 g/mol. The molecule has 0 saturated heterocycles. The van der Waals surface area contributed by atoms with Crippen LogP contribution in [0.3, 0.4) is 0 Å². The summed E-state index contributed by atoms with van der Waals surface area (Å²) in [5.74, 6) is -1.02. The fourth-order valence-electron chi connectivity index (χ4n) is 2.06. The topological polar surface area (TPSA) is 79.3 Å². The van der Waals surface area contributed by atoms with Gasteiger partial charge in [-0.2, -0.15) is 0 Å². The van der Waals surface area contributed by atoms with Crippen LogP contribution in [-0.2, 0) is 16.0 Å². The number of thiazole rings is 1. The van der Waals surface area contributed by atoms with Gasteiger partial charge >= 0.3 is 5.97 Å². The van der Waals surface area contributed by atoms with Crippen molar-refractivity contribution in [2.45, 2.75) is 38.6 Å². The average Bonchev–Trinajstić information content (AvgIpc) is 2.86. The molecule has 2 rings (SSSR count). The summed E-state index contributed by atoms with van der Waals surface area (Å²) >= 11 is 1.59. The van der Waals surface area contributed by atoms with E-state index >= 15 is 0 Å². The first-order chi connectivity index (χ1) is 10.1. The minimum Gasteiger partial charge on any atom is -0.481 e. The Balaban J connectivity index is 1.87. The van der Waals surface area contributed by atoms with Gasteiger partial charge in [-0.05, 0) is 18.6 Å². The first-order valence-corrected chi connectivity index (χ1v) is 7.75. The van der Waals surface area contributed by atoms with Crippen molar-refractivity contribution in [2.24, 2.45) is 0 Å². The van der Waals surface area contributed by atoms with Gasteiger partial charge in [0.05, 0.1) is 21.6 Å². The molecular formula is C15H18N2O3S. The third kappa shape index (κ3) is 4.53. The van der Waals surface area contributed by atoms with Crippen molar-refractivity contribution in [1.82, 2.24) is 10.3 Å². The molecule has 21 heavy (non-hydrogen) atoms. The number of hydrogen-bond donors (Lipinski definition) is 2. The largest absolute Gasteiger partial charge is 0.481 e. The number of amides is 1. The lowest BCUT2D eigenvalue weighted by molar-refractivity contribution is -0.137. The molecule has 5 nitrogen and oxygen atoms in total. The van der Waals surface area contributed by atoms with Gasteiger partial charge in [0.1, 0.15) is 0 Å². The maximum absolute atomic E-state index is 11.9. The van der Waals surface area contributed by atoms with E-state index in [1.807, 2.05) is 31.2 Å². The molecule has 1 heterocycles. The van der Waals surface area contributed by atoms with Crippen molar-refractivity contribution >= 4 is 33.4 Å². The molecule has 112 valence electrons. The zero-order valence-corrected chi connectivity index (χ0v) is 12.7. The molecule has 0 saturated carbocycles. The highest BCUT2D eigenvalue weighted by Gasteiger charge is 2.14. The number of carboxylic acids is 1. The Morgan fingerprint density at radius 3 is 2.81 bits per heavy atom. The second kappa shape index (κ2) is 7.17. The molecule has 1 unspecified atom stereocenters. The van der Waals surface area contributed by atoms with Crippen molar-refractivity contribution in [1.29, 1.82) is 0 Å². The van der Waals surface area contributed by atoms with Crippen LogP contribution < -0.4 is 5.32 Å². The standard InChI is InChI=1S/C15H18N2O3S/c1-2-10(9-15(19)20)16-13(18)7-8-14-17-11-5-3-4-6-12(11)21-14/h3-6,10H,2,7-9H2,1H3,(H,16,18)(H,19,20). The first-order valence-electron chi connectivity index (χ1n) is 6.94. The van der Waals surface area contributed by atoms with Gasteiger partial charge in [-0.1, -0.05) is 19.1 Å². The summed E-state index contributed by atoms with van der Waals surface area (Å²) < 4.78 is 1.12. The molecule has 1 atom stereocenters. The predicted molar refractivity (Wildman–Crippen MR) is 82.4 cm³/mol. The van der Waals surface area contributed by atoms with Crippen molar-refractivity contribution in [3.63, 3.8) is 0 Å². The number of hydrogen-bond acceptors (Lipinski definition) is 4. The molecule has 2 N–H and O–H groups in total. The van der Waals surface area contributed by atoms with Crippen LogP contribution in [0.25, 0.3) is 10.2 Å². The summed E-state index contributed by atoms with van der Waals surface area (Å²) in [6.45, 7) is 1.86. The van der Waals surface area contributed by atoms with E-state index in [1.165, 1.54) is 0 Å². The van der Waals surface area contributed by atoms with Crippen LogP contribution in [-0.4, -0.2) is 28.0 Å². The summed E-state index contributed by atoms with van der Waals surface area (Å²) in [6.07, 6.45) is 1.48. The van der Waals surface area contributed by atoms with E-state index in [0.29, 0.717) is 19.3 Å². The number of carbonyl (C=O) groups excluding carboxylic acids is 1. The molecule has 1 amide bonds. The van der Waals surface area contributed by atoms with E-state index in [9.17, 15) is 9.59 Å². The van der Waals surface area contributed by atoms with Crippen LogP contribution in [0.15, 0.2) is 24.3 Å². The van der Waals surface area contributed by atoms with Gasteiger partial charge in [-0.3, -0.25) is 9.59 Å². The minimum absolute atomic E-state index is 0.0383.